The lowest BCUT2D eigenvalue weighted by atomic mass is 9.99. The van der Waals surface area contributed by atoms with Crippen molar-refractivity contribution in [2.45, 2.75) is 26.3 Å². The first kappa shape index (κ1) is 14.6. The highest BCUT2D eigenvalue weighted by Gasteiger charge is 2.26. The first-order valence-corrected chi connectivity index (χ1v) is 6.41. The highest BCUT2D eigenvalue weighted by atomic mass is 79.9. The molecule has 0 fully saturated rings. The number of hydrogen-bond acceptors (Lipinski definition) is 3. The Morgan fingerprint density at radius 1 is 1.50 bits per heavy atom. The molecule has 5 nitrogen and oxygen atoms in total. The molecular weight excluding hydrogens is 300 g/mol. The molecule has 0 unspecified atom stereocenters. The second kappa shape index (κ2) is 6.49. The Balaban J connectivity index is 2.82. The van der Waals surface area contributed by atoms with Crippen molar-refractivity contribution in [2.75, 3.05) is 0 Å². The van der Waals surface area contributed by atoms with Crippen LogP contribution in [0.2, 0.25) is 0 Å². The molecular formula is C12H15BrN2O3. The number of aliphatic carboxylic acids is 1. The van der Waals surface area contributed by atoms with Gasteiger partial charge in [0.25, 0.3) is 5.91 Å². The van der Waals surface area contributed by atoms with Crippen LogP contribution < -0.4 is 5.32 Å². The van der Waals surface area contributed by atoms with Gasteiger partial charge in [0.1, 0.15) is 16.3 Å². The van der Waals surface area contributed by atoms with Crippen molar-refractivity contribution in [2.24, 2.45) is 5.92 Å². The molecule has 98 valence electrons. The van der Waals surface area contributed by atoms with Crippen molar-refractivity contribution in [3.05, 3.63) is 28.5 Å². The lowest BCUT2D eigenvalue weighted by Crippen LogP contribution is -2.45. The van der Waals surface area contributed by atoms with E-state index >= 15 is 0 Å². The van der Waals surface area contributed by atoms with Crippen LogP contribution in [0.5, 0.6) is 0 Å². The lowest BCUT2D eigenvalue weighted by Gasteiger charge is -2.19. The van der Waals surface area contributed by atoms with Gasteiger partial charge in [0.2, 0.25) is 0 Å². The summed E-state index contributed by atoms with van der Waals surface area (Å²) in [6.07, 6.45) is 0.670. The molecule has 0 aromatic carbocycles. The number of rotatable bonds is 5. The fourth-order valence-corrected chi connectivity index (χ4v) is 1.78. The van der Waals surface area contributed by atoms with E-state index in [0.717, 1.165) is 0 Å². The average Bonchev–Trinajstić information content (AvgIpc) is 2.34. The van der Waals surface area contributed by atoms with Crippen LogP contribution in [-0.2, 0) is 4.79 Å². The molecule has 0 spiro atoms. The lowest BCUT2D eigenvalue weighted by molar-refractivity contribution is -0.140. The zero-order valence-corrected chi connectivity index (χ0v) is 11.8. The van der Waals surface area contributed by atoms with Crippen LogP contribution in [0.25, 0.3) is 0 Å². The maximum absolute atomic E-state index is 11.9. The normalized spacial score (nSPS) is 13.7. The monoisotopic (exact) mass is 314 g/mol. The predicted molar refractivity (Wildman–Crippen MR) is 70.3 cm³/mol. The third-order valence-electron chi connectivity index (χ3n) is 2.71. The van der Waals surface area contributed by atoms with E-state index in [2.05, 4.69) is 26.2 Å². The van der Waals surface area contributed by atoms with Gasteiger partial charge >= 0.3 is 5.97 Å². The molecule has 0 aliphatic rings. The number of pyridine rings is 1. The van der Waals surface area contributed by atoms with Gasteiger partial charge in [-0.2, -0.15) is 0 Å². The number of amides is 1. The number of aromatic nitrogens is 1. The van der Waals surface area contributed by atoms with E-state index < -0.39 is 17.9 Å². The molecule has 0 aliphatic heterocycles. The van der Waals surface area contributed by atoms with E-state index in [0.29, 0.717) is 11.0 Å². The topological polar surface area (TPSA) is 79.3 Å². The van der Waals surface area contributed by atoms with Crippen molar-refractivity contribution in [3.63, 3.8) is 0 Å². The molecule has 0 saturated heterocycles. The van der Waals surface area contributed by atoms with Crippen molar-refractivity contribution < 1.29 is 14.7 Å². The smallest absolute Gasteiger partial charge is 0.326 e. The third kappa shape index (κ3) is 3.80. The zero-order chi connectivity index (χ0) is 13.7. The Kier molecular flexibility index (Phi) is 5.27. The Morgan fingerprint density at radius 3 is 2.67 bits per heavy atom. The summed E-state index contributed by atoms with van der Waals surface area (Å²) in [7, 11) is 0. The van der Waals surface area contributed by atoms with Crippen molar-refractivity contribution >= 4 is 27.8 Å². The SMILES string of the molecule is CC[C@H](C)[C@H](NC(=O)c1cccc(Br)n1)C(=O)O. The summed E-state index contributed by atoms with van der Waals surface area (Å²) in [5, 5.41) is 11.6. The van der Waals surface area contributed by atoms with Crippen molar-refractivity contribution in [1.29, 1.82) is 0 Å². The molecule has 0 radical (unpaired) electrons. The second-order valence-electron chi connectivity index (χ2n) is 4.02. The summed E-state index contributed by atoms with van der Waals surface area (Å²) in [5.74, 6) is -1.66. The maximum atomic E-state index is 11.9. The summed E-state index contributed by atoms with van der Waals surface area (Å²) in [6.45, 7) is 3.66. The predicted octanol–water partition coefficient (Wildman–Crippen LogP) is 2.07. The van der Waals surface area contributed by atoms with Gasteiger partial charge in [-0.15, -0.1) is 0 Å². The summed E-state index contributed by atoms with van der Waals surface area (Å²) in [4.78, 5) is 26.9. The first-order valence-electron chi connectivity index (χ1n) is 5.62. The highest BCUT2D eigenvalue weighted by molar-refractivity contribution is 9.10. The quantitative estimate of drug-likeness (QED) is 0.815. The number of hydrogen-bond donors (Lipinski definition) is 2. The number of carbonyl (C=O) groups excluding carboxylic acids is 1. The standard InChI is InChI=1S/C12H15BrN2O3/c1-3-7(2)10(12(17)18)15-11(16)8-5-4-6-9(13)14-8/h4-7,10H,3H2,1-2H3,(H,15,16)(H,17,18)/t7-,10-/m0/s1. The van der Waals surface area contributed by atoms with Crippen molar-refractivity contribution in [3.8, 4) is 0 Å². The van der Waals surface area contributed by atoms with E-state index in [9.17, 15) is 9.59 Å². The maximum Gasteiger partial charge on any atom is 0.326 e. The summed E-state index contributed by atoms with van der Waals surface area (Å²) >= 11 is 3.16. The number of nitrogens with zero attached hydrogens (tertiary/aromatic N) is 1. The zero-order valence-electron chi connectivity index (χ0n) is 10.2. The fraction of sp³-hybridized carbons (Fsp3) is 0.417. The Morgan fingerprint density at radius 2 is 2.17 bits per heavy atom. The molecule has 18 heavy (non-hydrogen) atoms. The number of halogens is 1. The first-order chi connectivity index (χ1) is 8.45. The van der Waals surface area contributed by atoms with Gasteiger partial charge in [0.15, 0.2) is 0 Å². The van der Waals surface area contributed by atoms with Crippen LogP contribution >= 0.6 is 15.9 Å². The van der Waals surface area contributed by atoms with E-state index in [1.54, 1.807) is 19.1 Å². The van der Waals surface area contributed by atoms with E-state index in [1.165, 1.54) is 6.07 Å². The Bertz CT molecular complexity index is 451. The minimum absolute atomic E-state index is 0.140. The van der Waals surface area contributed by atoms with Crippen LogP contribution in [0, 0.1) is 5.92 Å². The van der Waals surface area contributed by atoms with Gasteiger partial charge in [-0.1, -0.05) is 26.3 Å². The van der Waals surface area contributed by atoms with Gasteiger partial charge < -0.3 is 10.4 Å². The number of nitrogens with one attached hydrogen (secondary N) is 1. The molecule has 2 N–H and O–H groups in total. The van der Waals surface area contributed by atoms with Gasteiger partial charge in [0.05, 0.1) is 0 Å². The molecule has 6 heteroatoms. The van der Waals surface area contributed by atoms with Gasteiger partial charge in [0, 0.05) is 0 Å². The van der Waals surface area contributed by atoms with Crippen LogP contribution in [0.3, 0.4) is 0 Å². The average molecular weight is 315 g/mol. The molecule has 1 aromatic heterocycles. The molecule has 1 amide bonds. The van der Waals surface area contributed by atoms with E-state index in [1.807, 2.05) is 6.92 Å². The Hall–Kier alpha value is -1.43. The van der Waals surface area contributed by atoms with Crippen LogP contribution in [0.1, 0.15) is 30.8 Å². The van der Waals surface area contributed by atoms with Crippen LogP contribution in [0.4, 0.5) is 0 Å². The molecule has 1 heterocycles. The third-order valence-corrected chi connectivity index (χ3v) is 3.16. The van der Waals surface area contributed by atoms with Crippen molar-refractivity contribution in [1.82, 2.24) is 10.3 Å². The molecule has 0 saturated carbocycles. The van der Waals surface area contributed by atoms with E-state index in [4.69, 9.17) is 5.11 Å². The fourth-order valence-electron chi connectivity index (χ4n) is 1.43. The minimum Gasteiger partial charge on any atom is -0.480 e. The van der Waals surface area contributed by atoms with Gasteiger partial charge in [-0.05, 0) is 34.0 Å². The molecule has 2 atom stereocenters. The molecule has 0 aliphatic carbocycles. The largest absolute Gasteiger partial charge is 0.480 e. The second-order valence-corrected chi connectivity index (χ2v) is 4.83. The van der Waals surface area contributed by atoms with E-state index in [-0.39, 0.29) is 11.6 Å². The molecule has 0 bridgehead atoms. The molecule has 1 aromatic rings. The number of carbonyl (C=O) groups is 2. The van der Waals surface area contributed by atoms with Crippen LogP contribution in [-0.4, -0.2) is 28.0 Å². The minimum atomic E-state index is -1.03. The summed E-state index contributed by atoms with van der Waals surface area (Å²) in [5.41, 5.74) is 0.193. The summed E-state index contributed by atoms with van der Waals surface area (Å²) < 4.78 is 0.533. The highest BCUT2D eigenvalue weighted by Crippen LogP contribution is 2.10. The number of carboxylic acid groups (broad SMARTS) is 1. The van der Waals surface area contributed by atoms with Crippen LogP contribution in [0.15, 0.2) is 22.8 Å². The molecule has 1 rings (SSSR count). The number of carboxylic acids is 1. The van der Waals surface area contributed by atoms with Gasteiger partial charge in [-0.25, -0.2) is 9.78 Å². The van der Waals surface area contributed by atoms with Gasteiger partial charge in [-0.3, -0.25) is 4.79 Å². The Labute approximate surface area is 114 Å². The summed E-state index contributed by atoms with van der Waals surface area (Å²) in [6, 6.07) is 4.00.